The molecular weight excluding hydrogens is 545 g/mol. The molecule has 0 spiro atoms. The molecule has 1 saturated heterocycles. The number of piperidine rings is 1. The van der Waals surface area contributed by atoms with Gasteiger partial charge >= 0.3 is 5.97 Å². The predicted octanol–water partition coefficient (Wildman–Crippen LogP) is 6.14. The first kappa shape index (κ1) is 27.0. The summed E-state index contributed by atoms with van der Waals surface area (Å²) in [5, 5.41) is 9.32. The highest BCUT2D eigenvalue weighted by Gasteiger charge is 2.29. The third-order valence-electron chi connectivity index (χ3n) is 7.53. The number of carbonyl (C=O) groups excluding carboxylic acids is 2. The van der Waals surface area contributed by atoms with Gasteiger partial charge in [-0.2, -0.15) is 0 Å². The van der Waals surface area contributed by atoms with E-state index in [1.807, 2.05) is 6.07 Å². The second-order valence-corrected chi connectivity index (χ2v) is 11.8. The van der Waals surface area contributed by atoms with Gasteiger partial charge in [-0.05, 0) is 67.5 Å². The van der Waals surface area contributed by atoms with E-state index in [4.69, 9.17) is 4.74 Å². The Morgan fingerprint density at radius 3 is 2.63 bits per heavy atom. The van der Waals surface area contributed by atoms with E-state index in [9.17, 15) is 23.9 Å². The second kappa shape index (κ2) is 11.4. The zero-order valence-electron chi connectivity index (χ0n) is 22.2. The number of likely N-dealkylation sites (tertiary alicyclic amines) is 1. The highest BCUT2D eigenvalue weighted by atomic mass is 32.1. The van der Waals surface area contributed by atoms with Crippen molar-refractivity contribution >= 4 is 39.2 Å². The van der Waals surface area contributed by atoms with E-state index in [0.717, 1.165) is 22.4 Å². The quantitative estimate of drug-likeness (QED) is 0.256. The lowest BCUT2D eigenvalue weighted by Crippen LogP contribution is -2.42. The molecule has 210 valence electrons. The molecule has 6 rings (SSSR count). The van der Waals surface area contributed by atoms with Gasteiger partial charge in [-0.25, -0.2) is 4.39 Å². The largest absolute Gasteiger partial charge is 0.481 e. The number of pyridine rings is 2. The van der Waals surface area contributed by atoms with Crippen molar-refractivity contribution in [2.45, 2.75) is 38.5 Å². The number of aliphatic carboxylic acids is 1. The van der Waals surface area contributed by atoms with Crippen LogP contribution in [0.15, 0.2) is 54.9 Å². The Hall–Kier alpha value is -4.18. The number of ether oxygens (including phenoxy) is 1. The standard InChI is InChI=1S/C31H28FN3O5S/c32-23-14-19(13-22(36)12-18-3-4-18)5-8-26(23)40-27-9-10-33-25-15-28(41-29(25)27)24-7-6-20(16-34-24)30(37)35-11-1-2-21(17-35)31(38)39/h5-10,14-16,18,21H,1-4,11-13,17H2,(H,38,39). The topological polar surface area (TPSA) is 110 Å². The van der Waals surface area contributed by atoms with E-state index in [1.54, 1.807) is 41.4 Å². The van der Waals surface area contributed by atoms with E-state index in [-0.39, 0.29) is 30.4 Å². The molecule has 4 heterocycles. The Morgan fingerprint density at radius 1 is 1.05 bits per heavy atom. The lowest BCUT2D eigenvalue weighted by atomic mass is 9.98. The fourth-order valence-corrected chi connectivity index (χ4v) is 6.17. The molecule has 1 saturated carbocycles. The average Bonchev–Trinajstić information content (AvgIpc) is 3.67. The fourth-order valence-electron chi connectivity index (χ4n) is 5.13. The number of ketones is 1. The van der Waals surface area contributed by atoms with E-state index in [1.165, 1.54) is 23.6 Å². The lowest BCUT2D eigenvalue weighted by molar-refractivity contribution is -0.143. The Bertz CT molecular complexity index is 1630. The van der Waals surface area contributed by atoms with E-state index >= 15 is 0 Å². The molecule has 0 radical (unpaired) electrons. The number of Topliss-reactive ketones (excluding diaryl/α,β-unsaturated/α-hetero) is 1. The molecule has 2 fully saturated rings. The van der Waals surface area contributed by atoms with Gasteiger partial charge in [-0.15, -0.1) is 11.3 Å². The van der Waals surface area contributed by atoms with Crippen LogP contribution in [0.25, 0.3) is 20.8 Å². The third kappa shape index (κ3) is 6.12. The SMILES string of the molecule is O=C(Cc1ccc(Oc2ccnc3cc(-c4ccc(C(=O)N5CCCC(C(=O)O)C5)cn4)sc23)c(F)c1)CC1CC1. The van der Waals surface area contributed by atoms with Crippen molar-refractivity contribution in [3.8, 4) is 22.1 Å². The minimum Gasteiger partial charge on any atom is -0.481 e. The number of thiophene rings is 1. The van der Waals surface area contributed by atoms with Gasteiger partial charge in [0.25, 0.3) is 5.91 Å². The van der Waals surface area contributed by atoms with E-state index in [0.29, 0.717) is 59.8 Å². The molecule has 10 heteroatoms. The second-order valence-electron chi connectivity index (χ2n) is 10.7. The zero-order chi connectivity index (χ0) is 28.5. The summed E-state index contributed by atoms with van der Waals surface area (Å²) in [7, 11) is 0. The number of nitrogens with zero attached hydrogens (tertiary/aromatic N) is 3. The molecule has 1 N–H and O–H groups in total. The monoisotopic (exact) mass is 573 g/mol. The first-order valence-corrected chi connectivity index (χ1v) is 14.5. The smallest absolute Gasteiger partial charge is 0.308 e. The molecule has 3 aromatic heterocycles. The number of fused-ring (bicyclic) bond motifs is 1. The summed E-state index contributed by atoms with van der Waals surface area (Å²) in [4.78, 5) is 47.8. The van der Waals surface area contributed by atoms with Gasteiger partial charge in [0.2, 0.25) is 0 Å². The molecule has 1 unspecified atom stereocenters. The Labute approximate surface area is 239 Å². The van der Waals surface area contributed by atoms with Gasteiger partial charge in [-0.3, -0.25) is 24.4 Å². The van der Waals surface area contributed by atoms with E-state index in [2.05, 4.69) is 9.97 Å². The van der Waals surface area contributed by atoms with Gasteiger partial charge in [0, 0.05) is 44.4 Å². The molecule has 1 aliphatic heterocycles. The van der Waals surface area contributed by atoms with E-state index < -0.39 is 17.7 Å². The van der Waals surface area contributed by atoms with Crippen molar-refractivity contribution in [3.05, 3.63) is 71.8 Å². The summed E-state index contributed by atoms with van der Waals surface area (Å²) in [6.45, 7) is 0.722. The molecule has 4 aromatic rings. The van der Waals surface area contributed by atoms with Crippen molar-refractivity contribution in [1.82, 2.24) is 14.9 Å². The Morgan fingerprint density at radius 2 is 1.90 bits per heavy atom. The van der Waals surface area contributed by atoms with Crippen molar-refractivity contribution in [3.63, 3.8) is 0 Å². The number of hydrogen-bond donors (Lipinski definition) is 1. The minimum absolute atomic E-state index is 0.0645. The molecule has 1 aromatic carbocycles. The maximum absolute atomic E-state index is 14.9. The molecule has 41 heavy (non-hydrogen) atoms. The maximum Gasteiger partial charge on any atom is 0.308 e. The molecule has 1 atom stereocenters. The molecule has 1 aliphatic carbocycles. The lowest BCUT2D eigenvalue weighted by Gasteiger charge is -2.30. The minimum atomic E-state index is -0.881. The highest BCUT2D eigenvalue weighted by Crippen LogP contribution is 2.39. The number of amides is 1. The number of benzene rings is 1. The van der Waals surface area contributed by atoms with Crippen LogP contribution in [0.2, 0.25) is 0 Å². The summed E-state index contributed by atoms with van der Waals surface area (Å²) in [6.07, 6.45) is 7.32. The van der Waals surface area contributed by atoms with Gasteiger partial charge in [0.05, 0.1) is 32.3 Å². The van der Waals surface area contributed by atoms with Crippen LogP contribution in [0.5, 0.6) is 11.5 Å². The average molecular weight is 574 g/mol. The van der Waals surface area contributed by atoms with Crippen molar-refractivity contribution in [1.29, 1.82) is 0 Å². The summed E-state index contributed by atoms with van der Waals surface area (Å²) in [6, 6.07) is 11.6. The first-order chi connectivity index (χ1) is 19.8. The first-order valence-electron chi connectivity index (χ1n) is 13.7. The Kier molecular flexibility index (Phi) is 7.49. The Balaban J connectivity index is 1.17. The number of carboxylic acid groups (broad SMARTS) is 1. The molecule has 0 bridgehead atoms. The van der Waals surface area contributed by atoms with Crippen LogP contribution in [0.3, 0.4) is 0 Å². The number of carbonyl (C=O) groups is 3. The molecule has 8 nitrogen and oxygen atoms in total. The van der Waals surface area contributed by atoms with Crippen LogP contribution in [0, 0.1) is 17.7 Å². The van der Waals surface area contributed by atoms with Crippen LogP contribution in [-0.2, 0) is 16.0 Å². The number of carboxylic acids is 1. The van der Waals surface area contributed by atoms with Crippen LogP contribution < -0.4 is 4.74 Å². The number of rotatable bonds is 9. The molecule has 1 amide bonds. The zero-order valence-corrected chi connectivity index (χ0v) is 23.0. The van der Waals surface area contributed by atoms with Gasteiger partial charge in [-0.1, -0.05) is 6.07 Å². The maximum atomic E-state index is 14.9. The van der Waals surface area contributed by atoms with Crippen LogP contribution in [-0.4, -0.2) is 50.7 Å². The van der Waals surface area contributed by atoms with Crippen LogP contribution in [0.4, 0.5) is 4.39 Å². The van der Waals surface area contributed by atoms with Gasteiger partial charge in [0.15, 0.2) is 11.6 Å². The number of hydrogen-bond acceptors (Lipinski definition) is 7. The van der Waals surface area contributed by atoms with Crippen molar-refractivity contribution < 1.29 is 28.6 Å². The van der Waals surface area contributed by atoms with Gasteiger partial charge < -0.3 is 14.7 Å². The highest BCUT2D eigenvalue weighted by molar-refractivity contribution is 7.22. The summed E-state index contributed by atoms with van der Waals surface area (Å²) in [5.41, 5.74) is 2.34. The number of aromatic nitrogens is 2. The van der Waals surface area contributed by atoms with Crippen molar-refractivity contribution in [2.24, 2.45) is 11.8 Å². The molecular formula is C31H28FN3O5S. The number of halogens is 1. The summed E-state index contributed by atoms with van der Waals surface area (Å²) in [5.74, 6) is -1.04. The third-order valence-corrected chi connectivity index (χ3v) is 8.69. The normalized spacial score (nSPS) is 17.0. The fraction of sp³-hybridized carbons (Fsp3) is 0.323. The van der Waals surface area contributed by atoms with Gasteiger partial charge in [0.1, 0.15) is 11.5 Å². The van der Waals surface area contributed by atoms with Crippen LogP contribution in [0.1, 0.15) is 48.0 Å². The van der Waals surface area contributed by atoms with Crippen molar-refractivity contribution in [2.75, 3.05) is 13.1 Å². The summed E-state index contributed by atoms with van der Waals surface area (Å²) >= 11 is 1.39. The molecule has 2 aliphatic rings. The predicted molar refractivity (Wildman–Crippen MR) is 152 cm³/mol. The summed E-state index contributed by atoms with van der Waals surface area (Å²) < 4.78 is 21.6. The van der Waals surface area contributed by atoms with Crippen LogP contribution >= 0.6 is 11.3 Å².